The molecule has 0 aromatic heterocycles. The van der Waals surface area contributed by atoms with Crippen LogP contribution in [0.25, 0.3) is 0 Å². The van der Waals surface area contributed by atoms with Crippen molar-refractivity contribution < 1.29 is 31.8 Å². The van der Waals surface area contributed by atoms with E-state index in [4.69, 9.17) is 4.74 Å². The van der Waals surface area contributed by atoms with Crippen LogP contribution in [0.5, 0.6) is 0 Å². The fraction of sp³-hybridized carbons (Fsp3) is 0.417. The lowest BCUT2D eigenvalue weighted by molar-refractivity contribution is -0.142. The van der Waals surface area contributed by atoms with Gasteiger partial charge in [0.05, 0.1) is 11.5 Å². The van der Waals surface area contributed by atoms with Gasteiger partial charge in [0.2, 0.25) is 9.84 Å². The molecule has 0 saturated carbocycles. The number of aliphatic carboxylic acids is 1. The zero-order chi connectivity index (χ0) is 15.7. The number of hydrogen-bond donors (Lipinski definition) is 2. The zero-order valence-corrected chi connectivity index (χ0v) is 11.6. The second kappa shape index (κ2) is 5.57. The van der Waals surface area contributed by atoms with Gasteiger partial charge in [-0.25, -0.2) is 13.2 Å². The number of ether oxygens (including phenoxy) is 1. The highest BCUT2D eigenvalue weighted by Gasteiger charge is 2.42. The molecule has 1 saturated heterocycles. The topological polar surface area (TPSA) is 92.7 Å². The third-order valence-corrected chi connectivity index (χ3v) is 4.63. The van der Waals surface area contributed by atoms with Crippen molar-refractivity contribution in [1.82, 2.24) is 0 Å². The standard InChI is InChI=1S/C12H13F2NO5S/c13-11(14)21(18,19)9-3-1-8(2-4-9)15-12(10(16)17)5-6-20-7-12/h1-4,11,15H,5-7H2,(H,16,17). The van der Waals surface area contributed by atoms with Gasteiger partial charge in [-0.15, -0.1) is 0 Å². The average molecular weight is 321 g/mol. The summed E-state index contributed by atoms with van der Waals surface area (Å²) in [4.78, 5) is 10.8. The molecule has 6 nitrogen and oxygen atoms in total. The van der Waals surface area contributed by atoms with Crippen molar-refractivity contribution in [3.05, 3.63) is 24.3 Å². The Balaban J connectivity index is 2.22. The van der Waals surface area contributed by atoms with Crippen molar-refractivity contribution in [2.24, 2.45) is 0 Å². The van der Waals surface area contributed by atoms with Gasteiger partial charge in [-0.3, -0.25) is 0 Å². The highest BCUT2D eigenvalue weighted by molar-refractivity contribution is 7.91. The lowest BCUT2D eigenvalue weighted by Crippen LogP contribution is -2.47. The predicted octanol–water partition coefficient (Wildman–Crippen LogP) is 1.34. The molecule has 21 heavy (non-hydrogen) atoms. The van der Waals surface area contributed by atoms with E-state index in [1.807, 2.05) is 0 Å². The summed E-state index contributed by atoms with van der Waals surface area (Å²) in [6.07, 6.45) is 0.249. The largest absolute Gasteiger partial charge is 0.479 e. The van der Waals surface area contributed by atoms with E-state index in [-0.39, 0.29) is 19.6 Å². The average Bonchev–Trinajstić information content (AvgIpc) is 2.89. The maximum atomic E-state index is 12.4. The summed E-state index contributed by atoms with van der Waals surface area (Å²) < 4.78 is 52.4. The van der Waals surface area contributed by atoms with Gasteiger partial charge in [-0.2, -0.15) is 8.78 Å². The van der Waals surface area contributed by atoms with Crippen LogP contribution < -0.4 is 5.32 Å². The third-order valence-electron chi connectivity index (χ3n) is 3.23. The molecule has 1 aliphatic rings. The Hall–Kier alpha value is -1.74. The van der Waals surface area contributed by atoms with Gasteiger partial charge in [0.25, 0.3) is 0 Å². The zero-order valence-electron chi connectivity index (χ0n) is 10.8. The molecule has 0 aliphatic carbocycles. The first-order chi connectivity index (χ1) is 9.78. The lowest BCUT2D eigenvalue weighted by Gasteiger charge is -2.25. The second-order valence-electron chi connectivity index (χ2n) is 4.64. The summed E-state index contributed by atoms with van der Waals surface area (Å²) in [6.45, 7) is 0.260. The van der Waals surface area contributed by atoms with Gasteiger partial charge in [0.1, 0.15) is 0 Å². The number of carboxylic acids is 1. The van der Waals surface area contributed by atoms with E-state index in [0.717, 1.165) is 12.1 Å². The molecule has 116 valence electrons. The van der Waals surface area contributed by atoms with Gasteiger partial charge in [0, 0.05) is 18.7 Å². The Kier molecular flexibility index (Phi) is 4.15. The summed E-state index contributed by atoms with van der Waals surface area (Å²) in [7, 11) is -4.65. The van der Waals surface area contributed by atoms with Gasteiger partial charge < -0.3 is 15.2 Å². The van der Waals surface area contributed by atoms with Crippen LogP contribution in [0.1, 0.15) is 6.42 Å². The molecule has 1 unspecified atom stereocenters. The number of halogens is 2. The van der Waals surface area contributed by atoms with Crippen molar-refractivity contribution in [2.45, 2.75) is 22.6 Å². The molecule has 0 bridgehead atoms. The number of rotatable bonds is 5. The van der Waals surface area contributed by atoms with Crippen LogP contribution in [0.3, 0.4) is 0 Å². The van der Waals surface area contributed by atoms with Crippen molar-refractivity contribution in [1.29, 1.82) is 0 Å². The fourth-order valence-electron chi connectivity index (χ4n) is 1.99. The van der Waals surface area contributed by atoms with Crippen molar-refractivity contribution in [3.8, 4) is 0 Å². The first kappa shape index (κ1) is 15.6. The monoisotopic (exact) mass is 321 g/mol. The number of hydrogen-bond acceptors (Lipinski definition) is 5. The molecular formula is C12H13F2NO5S. The van der Waals surface area contributed by atoms with E-state index in [1.165, 1.54) is 12.1 Å². The maximum Gasteiger partial charge on any atom is 0.341 e. The van der Waals surface area contributed by atoms with E-state index < -0.39 is 32.0 Å². The van der Waals surface area contributed by atoms with Crippen LogP contribution in [-0.2, 0) is 19.4 Å². The summed E-state index contributed by atoms with van der Waals surface area (Å²) in [6, 6.07) is 4.51. The highest BCUT2D eigenvalue weighted by Crippen LogP contribution is 2.26. The lowest BCUT2D eigenvalue weighted by atomic mass is 9.98. The number of alkyl halides is 2. The summed E-state index contributed by atoms with van der Waals surface area (Å²) in [5.41, 5.74) is -0.973. The van der Waals surface area contributed by atoms with Crippen LogP contribution in [-0.4, -0.2) is 44.0 Å². The quantitative estimate of drug-likeness (QED) is 0.850. The molecule has 1 heterocycles. The van der Waals surface area contributed by atoms with Crippen molar-refractivity contribution in [3.63, 3.8) is 0 Å². The minimum atomic E-state index is -4.65. The Morgan fingerprint density at radius 2 is 1.95 bits per heavy atom. The van der Waals surface area contributed by atoms with Crippen LogP contribution in [0.2, 0.25) is 0 Å². The third kappa shape index (κ3) is 2.98. The van der Waals surface area contributed by atoms with Crippen LogP contribution in [0, 0.1) is 0 Å². The number of carbonyl (C=O) groups is 1. The van der Waals surface area contributed by atoms with E-state index in [2.05, 4.69) is 5.32 Å². The molecule has 0 spiro atoms. The first-order valence-electron chi connectivity index (χ1n) is 5.99. The molecule has 2 rings (SSSR count). The Labute approximate surface area is 119 Å². The van der Waals surface area contributed by atoms with Crippen LogP contribution >= 0.6 is 0 Å². The molecule has 1 aromatic carbocycles. The minimum absolute atomic E-state index is 0.0284. The second-order valence-corrected chi connectivity index (χ2v) is 6.56. The molecule has 1 fully saturated rings. The normalized spacial score (nSPS) is 22.4. The molecular weight excluding hydrogens is 308 g/mol. The van der Waals surface area contributed by atoms with E-state index in [1.54, 1.807) is 0 Å². The number of nitrogens with one attached hydrogen (secondary N) is 1. The minimum Gasteiger partial charge on any atom is -0.479 e. The number of anilines is 1. The van der Waals surface area contributed by atoms with E-state index in [9.17, 15) is 27.1 Å². The van der Waals surface area contributed by atoms with Crippen molar-refractivity contribution >= 4 is 21.5 Å². The number of carboxylic acid groups (broad SMARTS) is 1. The van der Waals surface area contributed by atoms with E-state index in [0.29, 0.717) is 5.69 Å². The Bertz CT molecular complexity index is 624. The van der Waals surface area contributed by atoms with E-state index >= 15 is 0 Å². The van der Waals surface area contributed by atoms with Crippen molar-refractivity contribution in [2.75, 3.05) is 18.5 Å². The Morgan fingerprint density at radius 3 is 2.38 bits per heavy atom. The molecule has 0 amide bonds. The molecule has 9 heteroatoms. The predicted molar refractivity (Wildman–Crippen MR) is 69.1 cm³/mol. The SMILES string of the molecule is O=C(O)C1(Nc2ccc(S(=O)(=O)C(F)F)cc2)CCOC1. The van der Waals surface area contributed by atoms with Gasteiger partial charge in [-0.1, -0.05) is 0 Å². The first-order valence-corrected chi connectivity index (χ1v) is 7.54. The molecule has 1 aliphatic heterocycles. The van der Waals surface area contributed by atoms with Gasteiger partial charge >= 0.3 is 11.7 Å². The van der Waals surface area contributed by atoms with Crippen LogP contribution in [0.15, 0.2) is 29.2 Å². The highest BCUT2D eigenvalue weighted by atomic mass is 32.2. The molecule has 2 N–H and O–H groups in total. The maximum absolute atomic E-state index is 12.4. The molecule has 1 aromatic rings. The van der Waals surface area contributed by atoms with Gasteiger partial charge in [-0.05, 0) is 24.3 Å². The van der Waals surface area contributed by atoms with Crippen LogP contribution in [0.4, 0.5) is 14.5 Å². The summed E-state index contributed by atoms with van der Waals surface area (Å²) >= 11 is 0. The number of sulfone groups is 1. The van der Waals surface area contributed by atoms with Gasteiger partial charge in [0.15, 0.2) is 5.54 Å². The smallest absolute Gasteiger partial charge is 0.341 e. The molecule has 1 atom stereocenters. The fourth-order valence-corrected chi connectivity index (χ4v) is 2.71. The molecule has 0 radical (unpaired) electrons. The Morgan fingerprint density at radius 1 is 1.33 bits per heavy atom. The summed E-state index contributed by atoms with van der Waals surface area (Å²) in [5, 5.41) is 12.0. The number of benzene rings is 1. The summed E-state index contributed by atoms with van der Waals surface area (Å²) in [5.74, 6) is -4.59.